The lowest BCUT2D eigenvalue weighted by Gasteiger charge is -2.25. The molecule has 0 aromatic carbocycles. The van der Waals surface area contributed by atoms with Crippen LogP contribution in [0, 0.1) is 5.41 Å². The molecule has 1 nitrogen and oxygen atoms in total. The van der Waals surface area contributed by atoms with Gasteiger partial charge in [0.05, 0.1) is 11.7 Å². The lowest BCUT2D eigenvalue weighted by molar-refractivity contribution is -0.0446. The highest BCUT2D eigenvalue weighted by atomic mass is 79.9. The van der Waals surface area contributed by atoms with Gasteiger partial charge in [0.15, 0.2) is 0 Å². The zero-order chi connectivity index (χ0) is 10.4. The van der Waals surface area contributed by atoms with Gasteiger partial charge in [0.25, 0.3) is 0 Å². The summed E-state index contributed by atoms with van der Waals surface area (Å²) in [5.41, 5.74) is 0.974. The van der Waals surface area contributed by atoms with Crippen LogP contribution in [0.15, 0.2) is 0 Å². The van der Waals surface area contributed by atoms with Gasteiger partial charge in [-0.2, -0.15) is 0 Å². The van der Waals surface area contributed by atoms with Crippen molar-refractivity contribution in [2.45, 2.75) is 69.5 Å². The Morgan fingerprint density at radius 3 is 2.40 bits per heavy atom. The minimum Gasteiger partial charge on any atom is -0.372 e. The summed E-state index contributed by atoms with van der Waals surface area (Å²) >= 11 is 3.66. The molecular formula is C13H21BrO. The van der Waals surface area contributed by atoms with E-state index in [0.717, 1.165) is 0 Å². The molecule has 1 saturated heterocycles. The summed E-state index contributed by atoms with van der Waals surface area (Å²) in [5.74, 6) is 0. The van der Waals surface area contributed by atoms with E-state index < -0.39 is 0 Å². The Morgan fingerprint density at radius 2 is 1.80 bits per heavy atom. The van der Waals surface area contributed by atoms with Crippen molar-refractivity contribution >= 4 is 15.9 Å². The Hall–Kier alpha value is 0.440. The van der Waals surface area contributed by atoms with Gasteiger partial charge < -0.3 is 4.74 Å². The van der Waals surface area contributed by atoms with Crippen LogP contribution in [0.4, 0.5) is 0 Å². The highest BCUT2D eigenvalue weighted by Crippen LogP contribution is 2.54. The van der Waals surface area contributed by atoms with Crippen molar-refractivity contribution in [3.63, 3.8) is 0 Å². The third-order valence-electron chi connectivity index (χ3n) is 4.75. The van der Waals surface area contributed by atoms with E-state index in [1.807, 2.05) is 0 Å². The second kappa shape index (κ2) is 3.73. The van der Waals surface area contributed by atoms with E-state index >= 15 is 0 Å². The lowest BCUT2D eigenvalue weighted by Crippen LogP contribution is -2.26. The molecule has 3 fully saturated rings. The van der Waals surface area contributed by atoms with Gasteiger partial charge >= 0.3 is 0 Å². The Balaban J connectivity index is 1.57. The van der Waals surface area contributed by atoms with Crippen LogP contribution in [0.25, 0.3) is 0 Å². The zero-order valence-corrected chi connectivity index (χ0v) is 11.0. The summed E-state index contributed by atoms with van der Waals surface area (Å²) in [7, 11) is 0. The second-order valence-corrected chi connectivity index (χ2v) is 6.57. The van der Waals surface area contributed by atoms with E-state index in [-0.39, 0.29) is 0 Å². The predicted molar refractivity (Wildman–Crippen MR) is 65.4 cm³/mol. The van der Waals surface area contributed by atoms with Gasteiger partial charge in [-0.25, -0.2) is 0 Å². The molecule has 3 aliphatic rings. The number of rotatable bonds is 3. The third-order valence-corrected chi connectivity index (χ3v) is 5.94. The Bertz CT molecular complexity index is 241. The van der Waals surface area contributed by atoms with Gasteiger partial charge in [0.2, 0.25) is 0 Å². The zero-order valence-electron chi connectivity index (χ0n) is 9.43. The van der Waals surface area contributed by atoms with Crippen LogP contribution in [0.1, 0.15) is 57.8 Å². The van der Waals surface area contributed by atoms with Gasteiger partial charge in [-0.3, -0.25) is 0 Å². The summed E-state index contributed by atoms with van der Waals surface area (Å²) in [6.45, 7) is 0. The average Bonchev–Trinajstić information content (AvgIpc) is 2.71. The van der Waals surface area contributed by atoms with E-state index in [1.165, 1.54) is 63.1 Å². The molecule has 1 aliphatic heterocycles. The first-order valence-electron chi connectivity index (χ1n) is 6.50. The third kappa shape index (κ3) is 2.00. The van der Waals surface area contributed by atoms with Gasteiger partial charge in [0.1, 0.15) is 0 Å². The van der Waals surface area contributed by atoms with Crippen molar-refractivity contribution in [1.82, 2.24) is 0 Å². The van der Waals surface area contributed by atoms with E-state index in [4.69, 9.17) is 4.74 Å². The molecule has 0 bridgehead atoms. The van der Waals surface area contributed by atoms with E-state index in [0.29, 0.717) is 17.1 Å². The standard InChI is InChI=1S/C13H21BrO/c14-10-12(7-8-12)9-11-3-6-13(15-11)4-1-2-5-13/h11H,1-10H2. The van der Waals surface area contributed by atoms with Crippen molar-refractivity contribution < 1.29 is 4.74 Å². The number of alkyl halides is 1. The quantitative estimate of drug-likeness (QED) is 0.705. The van der Waals surface area contributed by atoms with Crippen molar-refractivity contribution in [2.24, 2.45) is 5.41 Å². The molecule has 1 heterocycles. The monoisotopic (exact) mass is 272 g/mol. The Kier molecular flexibility index (Phi) is 2.63. The van der Waals surface area contributed by atoms with E-state index in [2.05, 4.69) is 15.9 Å². The van der Waals surface area contributed by atoms with Gasteiger partial charge in [-0.15, -0.1) is 0 Å². The minimum atomic E-state index is 0.340. The normalized spacial score (nSPS) is 36.2. The maximum atomic E-state index is 6.37. The molecule has 0 radical (unpaired) electrons. The second-order valence-electron chi connectivity index (χ2n) is 6.01. The summed E-state index contributed by atoms with van der Waals surface area (Å²) in [6.07, 6.45) is 12.9. The van der Waals surface area contributed by atoms with Crippen LogP contribution < -0.4 is 0 Å². The topological polar surface area (TPSA) is 9.23 Å². The fourth-order valence-electron chi connectivity index (χ4n) is 3.48. The molecule has 1 unspecified atom stereocenters. The number of ether oxygens (including phenoxy) is 1. The van der Waals surface area contributed by atoms with E-state index in [9.17, 15) is 0 Å². The molecular weight excluding hydrogens is 252 g/mol. The summed E-state index contributed by atoms with van der Waals surface area (Å²) < 4.78 is 6.37. The molecule has 2 aliphatic carbocycles. The van der Waals surface area contributed by atoms with E-state index in [1.54, 1.807) is 0 Å². The van der Waals surface area contributed by atoms with Crippen molar-refractivity contribution in [2.75, 3.05) is 5.33 Å². The number of halogens is 1. The van der Waals surface area contributed by atoms with Crippen LogP contribution in [0.3, 0.4) is 0 Å². The molecule has 1 spiro atoms. The first-order chi connectivity index (χ1) is 7.26. The van der Waals surface area contributed by atoms with Crippen molar-refractivity contribution in [3.8, 4) is 0 Å². The van der Waals surface area contributed by atoms with Crippen molar-refractivity contribution in [3.05, 3.63) is 0 Å². The SMILES string of the molecule is BrCC1(CC2CCC3(CCCC3)O2)CC1. The molecule has 0 amide bonds. The highest BCUT2D eigenvalue weighted by molar-refractivity contribution is 9.09. The number of hydrogen-bond acceptors (Lipinski definition) is 1. The highest BCUT2D eigenvalue weighted by Gasteiger charge is 2.48. The molecule has 2 heteroatoms. The largest absolute Gasteiger partial charge is 0.372 e. The van der Waals surface area contributed by atoms with Crippen LogP contribution in [0.2, 0.25) is 0 Å². The van der Waals surface area contributed by atoms with Crippen LogP contribution in [0.5, 0.6) is 0 Å². The van der Waals surface area contributed by atoms with Crippen LogP contribution in [-0.4, -0.2) is 17.0 Å². The van der Waals surface area contributed by atoms with Crippen LogP contribution in [-0.2, 0) is 4.74 Å². The first-order valence-corrected chi connectivity index (χ1v) is 7.62. The average molecular weight is 273 g/mol. The summed E-state index contributed by atoms with van der Waals surface area (Å²) in [6, 6.07) is 0. The molecule has 0 aromatic rings. The number of hydrogen-bond donors (Lipinski definition) is 0. The van der Waals surface area contributed by atoms with Gasteiger partial charge in [-0.05, 0) is 50.4 Å². The Labute approximate surface area is 101 Å². The molecule has 86 valence electrons. The molecule has 1 atom stereocenters. The summed E-state index contributed by atoms with van der Waals surface area (Å²) in [4.78, 5) is 0. The van der Waals surface area contributed by atoms with Crippen molar-refractivity contribution in [1.29, 1.82) is 0 Å². The molecule has 2 saturated carbocycles. The lowest BCUT2D eigenvalue weighted by atomic mass is 9.96. The first kappa shape index (κ1) is 10.6. The molecule has 15 heavy (non-hydrogen) atoms. The fourth-order valence-corrected chi connectivity index (χ4v) is 4.27. The maximum absolute atomic E-state index is 6.37. The fraction of sp³-hybridized carbons (Fsp3) is 1.00. The smallest absolute Gasteiger partial charge is 0.0687 e. The minimum absolute atomic E-state index is 0.340. The molecule has 0 N–H and O–H groups in total. The predicted octanol–water partition coefficient (Wildman–Crippen LogP) is 4.04. The summed E-state index contributed by atoms with van der Waals surface area (Å²) in [5, 5.41) is 1.19. The molecule has 0 aromatic heterocycles. The van der Waals surface area contributed by atoms with Crippen LogP contribution >= 0.6 is 15.9 Å². The molecule has 3 rings (SSSR count). The van der Waals surface area contributed by atoms with Gasteiger partial charge in [0, 0.05) is 5.33 Å². The maximum Gasteiger partial charge on any atom is 0.0687 e. The Morgan fingerprint density at radius 1 is 1.07 bits per heavy atom. The van der Waals surface area contributed by atoms with Gasteiger partial charge in [-0.1, -0.05) is 28.8 Å².